The number of rotatable bonds is 5. The Bertz CT molecular complexity index is 1080. The Hall–Kier alpha value is -2.89. The first-order chi connectivity index (χ1) is 14.9. The maximum absolute atomic E-state index is 15.1. The average molecular weight is 426 g/mol. The van der Waals surface area contributed by atoms with E-state index < -0.39 is 0 Å². The van der Waals surface area contributed by atoms with E-state index in [-0.39, 0.29) is 18.2 Å². The molecule has 0 N–H and O–H groups in total. The standard InChI is InChI=1S/C25H28FNO4/c1-5-30-23(29)10-19-15(3)20-11-27(13-28)12-21(20)16(4)24(19)18-9-22(26)25-17(14(18)2)7-6-8-31-25/h9,13H,5-8,10-12H2,1-4H3. The predicted octanol–water partition coefficient (Wildman–Crippen LogP) is 4.32. The molecule has 2 aliphatic heterocycles. The molecule has 0 aromatic heterocycles. The van der Waals surface area contributed by atoms with E-state index in [4.69, 9.17) is 9.47 Å². The van der Waals surface area contributed by atoms with Crippen molar-refractivity contribution in [3.63, 3.8) is 0 Å². The van der Waals surface area contributed by atoms with Crippen LogP contribution < -0.4 is 4.74 Å². The van der Waals surface area contributed by atoms with Gasteiger partial charge in [0.15, 0.2) is 11.6 Å². The maximum atomic E-state index is 15.1. The lowest BCUT2D eigenvalue weighted by molar-refractivity contribution is -0.142. The van der Waals surface area contributed by atoms with E-state index in [9.17, 15) is 9.59 Å². The summed E-state index contributed by atoms with van der Waals surface area (Å²) in [5.41, 5.74) is 8.51. The van der Waals surface area contributed by atoms with Crippen LogP contribution in [0.1, 0.15) is 52.3 Å². The van der Waals surface area contributed by atoms with Crippen molar-refractivity contribution in [3.05, 3.63) is 50.8 Å². The molecule has 164 valence electrons. The summed E-state index contributed by atoms with van der Waals surface area (Å²) in [4.78, 5) is 25.6. The van der Waals surface area contributed by atoms with E-state index in [1.807, 2.05) is 20.8 Å². The van der Waals surface area contributed by atoms with Gasteiger partial charge in [0.1, 0.15) is 0 Å². The van der Waals surface area contributed by atoms with Crippen molar-refractivity contribution in [2.75, 3.05) is 13.2 Å². The molecule has 1 amide bonds. The van der Waals surface area contributed by atoms with Crippen molar-refractivity contribution in [2.45, 2.75) is 60.0 Å². The monoisotopic (exact) mass is 425 g/mol. The third-order valence-corrected chi connectivity index (χ3v) is 6.60. The number of amides is 1. The van der Waals surface area contributed by atoms with E-state index in [1.165, 1.54) is 6.07 Å². The summed E-state index contributed by atoms with van der Waals surface area (Å²) in [5.74, 6) is -0.331. The summed E-state index contributed by atoms with van der Waals surface area (Å²) >= 11 is 0. The Kier molecular flexibility index (Phi) is 5.73. The Morgan fingerprint density at radius 1 is 1.16 bits per heavy atom. The second-order valence-corrected chi connectivity index (χ2v) is 8.34. The fourth-order valence-electron chi connectivity index (χ4n) is 5.02. The Balaban J connectivity index is 1.98. The minimum atomic E-state index is -0.371. The highest BCUT2D eigenvalue weighted by molar-refractivity contribution is 5.84. The lowest BCUT2D eigenvalue weighted by atomic mass is 9.81. The van der Waals surface area contributed by atoms with Crippen LogP contribution in [0.4, 0.5) is 4.39 Å². The van der Waals surface area contributed by atoms with Gasteiger partial charge >= 0.3 is 5.97 Å². The number of nitrogens with zero attached hydrogens (tertiary/aromatic N) is 1. The Morgan fingerprint density at radius 2 is 1.87 bits per heavy atom. The first kappa shape index (κ1) is 21.3. The van der Waals surface area contributed by atoms with Crippen LogP contribution in [0.25, 0.3) is 11.1 Å². The molecule has 0 fully saturated rings. The number of halogens is 1. The highest BCUT2D eigenvalue weighted by atomic mass is 19.1. The molecule has 0 bridgehead atoms. The Morgan fingerprint density at radius 3 is 2.55 bits per heavy atom. The Labute approximate surface area is 182 Å². The fraction of sp³-hybridized carbons (Fsp3) is 0.440. The van der Waals surface area contributed by atoms with Gasteiger partial charge in [-0.2, -0.15) is 0 Å². The summed E-state index contributed by atoms with van der Waals surface area (Å²) in [6.07, 6.45) is 2.58. The fourth-order valence-corrected chi connectivity index (χ4v) is 5.02. The highest BCUT2D eigenvalue weighted by Crippen LogP contribution is 2.43. The van der Waals surface area contributed by atoms with Gasteiger partial charge in [0, 0.05) is 18.7 Å². The molecule has 0 saturated carbocycles. The zero-order valence-corrected chi connectivity index (χ0v) is 18.6. The second kappa shape index (κ2) is 8.33. The van der Waals surface area contributed by atoms with Crippen LogP contribution in [-0.4, -0.2) is 30.5 Å². The minimum absolute atomic E-state index is 0.110. The third-order valence-electron chi connectivity index (χ3n) is 6.60. The second-order valence-electron chi connectivity index (χ2n) is 8.34. The molecule has 0 radical (unpaired) electrons. The van der Waals surface area contributed by atoms with Crippen LogP contribution in [0.3, 0.4) is 0 Å². The minimum Gasteiger partial charge on any atom is -0.490 e. The van der Waals surface area contributed by atoms with Crippen molar-refractivity contribution in [3.8, 4) is 16.9 Å². The zero-order valence-electron chi connectivity index (χ0n) is 18.6. The topological polar surface area (TPSA) is 55.8 Å². The molecule has 6 heteroatoms. The molecule has 0 spiro atoms. The van der Waals surface area contributed by atoms with Gasteiger partial charge in [0.05, 0.1) is 19.6 Å². The number of fused-ring (bicyclic) bond motifs is 2. The largest absolute Gasteiger partial charge is 0.490 e. The SMILES string of the molecule is CCOC(=O)Cc1c(C)c2c(c(C)c1-c1cc(F)c3c(c1C)CCCO3)CN(C=O)C2. The van der Waals surface area contributed by atoms with Crippen molar-refractivity contribution in [1.29, 1.82) is 0 Å². The van der Waals surface area contributed by atoms with Gasteiger partial charge in [-0.15, -0.1) is 0 Å². The van der Waals surface area contributed by atoms with Crippen LogP contribution in [0.2, 0.25) is 0 Å². The van der Waals surface area contributed by atoms with E-state index in [1.54, 1.807) is 11.8 Å². The summed E-state index contributed by atoms with van der Waals surface area (Å²) in [5, 5.41) is 0. The van der Waals surface area contributed by atoms with Gasteiger partial charge in [-0.25, -0.2) is 4.39 Å². The number of carbonyl (C=O) groups is 2. The molecule has 0 aliphatic carbocycles. The van der Waals surface area contributed by atoms with Crippen LogP contribution >= 0.6 is 0 Å². The summed E-state index contributed by atoms with van der Waals surface area (Å²) in [6, 6.07) is 1.54. The number of esters is 1. The van der Waals surface area contributed by atoms with Crippen molar-refractivity contribution < 1.29 is 23.5 Å². The molecule has 2 aromatic carbocycles. The van der Waals surface area contributed by atoms with Crippen molar-refractivity contribution >= 4 is 12.4 Å². The number of hydrogen-bond donors (Lipinski definition) is 0. The molecular formula is C25H28FNO4. The van der Waals surface area contributed by atoms with Crippen LogP contribution in [0, 0.1) is 26.6 Å². The van der Waals surface area contributed by atoms with Crippen LogP contribution in [0.5, 0.6) is 5.75 Å². The first-order valence-electron chi connectivity index (χ1n) is 10.8. The van der Waals surface area contributed by atoms with E-state index in [2.05, 4.69) is 0 Å². The molecule has 0 unspecified atom stereocenters. The maximum Gasteiger partial charge on any atom is 0.310 e. The van der Waals surface area contributed by atoms with Crippen molar-refractivity contribution in [2.24, 2.45) is 0 Å². The quantitative estimate of drug-likeness (QED) is 0.529. The number of benzene rings is 2. The smallest absolute Gasteiger partial charge is 0.310 e. The van der Waals surface area contributed by atoms with Gasteiger partial charge in [-0.1, -0.05) is 0 Å². The molecule has 0 saturated heterocycles. The normalized spacial score (nSPS) is 14.7. The lowest BCUT2D eigenvalue weighted by Crippen LogP contribution is -2.15. The van der Waals surface area contributed by atoms with Gasteiger partial charge < -0.3 is 14.4 Å². The lowest BCUT2D eigenvalue weighted by Gasteiger charge is -2.25. The van der Waals surface area contributed by atoms with E-state index in [0.29, 0.717) is 32.1 Å². The highest BCUT2D eigenvalue weighted by Gasteiger charge is 2.30. The van der Waals surface area contributed by atoms with Gasteiger partial charge in [0.2, 0.25) is 6.41 Å². The first-order valence-corrected chi connectivity index (χ1v) is 10.8. The molecule has 5 nitrogen and oxygen atoms in total. The van der Waals surface area contributed by atoms with Crippen molar-refractivity contribution in [1.82, 2.24) is 4.90 Å². The summed E-state index contributed by atoms with van der Waals surface area (Å²) in [6.45, 7) is 9.64. The molecule has 2 aliphatic rings. The molecule has 4 rings (SSSR count). The van der Waals surface area contributed by atoms with Crippen LogP contribution in [0.15, 0.2) is 6.07 Å². The van der Waals surface area contributed by atoms with Gasteiger partial charge in [-0.3, -0.25) is 9.59 Å². The van der Waals surface area contributed by atoms with Gasteiger partial charge in [0.25, 0.3) is 0 Å². The number of ether oxygens (including phenoxy) is 2. The van der Waals surface area contributed by atoms with Crippen LogP contribution in [-0.2, 0) is 40.3 Å². The zero-order chi connectivity index (χ0) is 22.3. The molecular weight excluding hydrogens is 397 g/mol. The number of carbonyl (C=O) groups excluding carboxylic acids is 2. The average Bonchev–Trinajstić information content (AvgIpc) is 3.20. The summed E-state index contributed by atoms with van der Waals surface area (Å²) < 4.78 is 25.9. The van der Waals surface area contributed by atoms with E-state index in [0.717, 1.165) is 69.3 Å². The van der Waals surface area contributed by atoms with E-state index >= 15 is 4.39 Å². The molecule has 31 heavy (non-hydrogen) atoms. The molecule has 0 atom stereocenters. The molecule has 2 heterocycles. The third kappa shape index (κ3) is 3.58. The van der Waals surface area contributed by atoms with Gasteiger partial charge in [-0.05, 0) is 91.1 Å². The molecule has 2 aromatic rings. The summed E-state index contributed by atoms with van der Waals surface area (Å²) in [7, 11) is 0. The predicted molar refractivity (Wildman–Crippen MR) is 116 cm³/mol. The number of hydrogen-bond acceptors (Lipinski definition) is 4.